The Morgan fingerprint density at radius 2 is 1.82 bits per heavy atom. The van der Waals surface area contributed by atoms with Crippen LogP contribution in [-0.2, 0) is 9.59 Å². The third kappa shape index (κ3) is 4.32. The average Bonchev–Trinajstić information content (AvgIpc) is 1.87. The summed E-state index contributed by atoms with van der Waals surface area (Å²) >= 11 is 0. The maximum Gasteiger partial charge on any atom is 0.308 e. The predicted octanol–water partition coefficient (Wildman–Crippen LogP) is -0.456. The molecule has 3 N–H and O–H groups in total. The molecule has 0 aromatic rings. The van der Waals surface area contributed by atoms with Crippen LogP contribution in [0.5, 0.6) is 0 Å². The number of hydrogen-bond acceptors (Lipinski definition) is 3. The largest absolute Gasteiger partial charge is 0.481 e. The average molecular weight is 162 g/mol. The van der Waals surface area contributed by atoms with Crippen molar-refractivity contribution in [2.75, 3.05) is 6.61 Å². The first-order chi connectivity index (χ1) is 5.07. The summed E-state index contributed by atoms with van der Waals surface area (Å²) in [7, 11) is 0. The molecule has 5 nitrogen and oxygen atoms in total. The fraction of sp³-hybridized carbons (Fsp3) is 0.667. The molecular weight excluding hydrogens is 152 g/mol. The summed E-state index contributed by atoms with van der Waals surface area (Å²) in [6.07, 6.45) is -0.251. The van der Waals surface area contributed by atoms with E-state index in [1.54, 1.807) is 0 Å². The Bertz CT molecular complexity index is 153. The van der Waals surface area contributed by atoms with Gasteiger partial charge in [-0.2, -0.15) is 0 Å². The van der Waals surface area contributed by atoms with Crippen molar-refractivity contribution < 1.29 is 24.9 Å². The molecule has 11 heavy (non-hydrogen) atoms. The van der Waals surface area contributed by atoms with Crippen LogP contribution in [-0.4, -0.2) is 33.9 Å². The van der Waals surface area contributed by atoms with Crippen LogP contribution in [0, 0.1) is 5.92 Å². The molecule has 0 aromatic carbocycles. The molecule has 0 aliphatic carbocycles. The normalized spacial score (nSPS) is 12.5. The van der Waals surface area contributed by atoms with E-state index in [1.807, 2.05) is 0 Å². The summed E-state index contributed by atoms with van der Waals surface area (Å²) in [6, 6.07) is 0. The van der Waals surface area contributed by atoms with Crippen molar-refractivity contribution in [3.05, 3.63) is 0 Å². The Balaban J connectivity index is 3.70. The topological polar surface area (TPSA) is 94.8 Å². The maximum absolute atomic E-state index is 10.2. The second kappa shape index (κ2) is 4.68. The fourth-order valence-corrected chi connectivity index (χ4v) is 0.591. The molecule has 5 heteroatoms. The van der Waals surface area contributed by atoms with E-state index in [-0.39, 0.29) is 12.8 Å². The molecule has 0 rings (SSSR count). The molecule has 0 bridgehead atoms. The molecule has 0 spiro atoms. The van der Waals surface area contributed by atoms with Crippen molar-refractivity contribution in [2.45, 2.75) is 12.8 Å². The van der Waals surface area contributed by atoms with E-state index in [1.165, 1.54) is 0 Å². The van der Waals surface area contributed by atoms with Crippen molar-refractivity contribution in [3.63, 3.8) is 0 Å². The lowest BCUT2D eigenvalue weighted by Gasteiger charge is -2.05. The molecule has 0 heterocycles. The summed E-state index contributed by atoms with van der Waals surface area (Å²) in [5.41, 5.74) is 0. The molecule has 0 aliphatic heterocycles. The van der Waals surface area contributed by atoms with E-state index < -0.39 is 24.5 Å². The van der Waals surface area contributed by atoms with Crippen LogP contribution >= 0.6 is 0 Å². The van der Waals surface area contributed by atoms with E-state index in [0.29, 0.717) is 0 Å². The molecule has 0 saturated heterocycles. The molecule has 0 aliphatic rings. The van der Waals surface area contributed by atoms with E-state index in [2.05, 4.69) is 0 Å². The quantitative estimate of drug-likeness (QED) is 0.508. The third-order valence-electron chi connectivity index (χ3n) is 1.28. The van der Waals surface area contributed by atoms with E-state index in [4.69, 9.17) is 15.3 Å². The van der Waals surface area contributed by atoms with Gasteiger partial charge in [-0.25, -0.2) is 0 Å². The standard InChI is InChI=1S/C6H10O5/c7-3-4(6(10)11)1-2-5(8)9/h4,7H,1-3H2,(H,8,9)(H,10,11). The number of aliphatic hydroxyl groups is 1. The van der Waals surface area contributed by atoms with Crippen LogP contribution in [0.2, 0.25) is 0 Å². The van der Waals surface area contributed by atoms with Gasteiger partial charge in [-0.3, -0.25) is 9.59 Å². The summed E-state index contributed by atoms with van der Waals surface area (Å²) in [5.74, 6) is -3.16. The van der Waals surface area contributed by atoms with Gasteiger partial charge >= 0.3 is 11.9 Å². The van der Waals surface area contributed by atoms with Crippen LogP contribution < -0.4 is 0 Å². The molecule has 1 atom stereocenters. The Labute approximate surface area is 63.3 Å². The monoisotopic (exact) mass is 162 g/mol. The number of aliphatic hydroxyl groups excluding tert-OH is 1. The predicted molar refractivity (Wildman–Crippen MR) is 35.1 cm³/mol. The number of carboxylic acids is 2. The van der Waals surface area contributed by atoms with Gasteiger partial charge in [-0.05, 0) is 6.42 Å². The van der Waals surface area contributed by atoms with Gasteiger partial charge in [0.15, 0.2) is 0 Å². The molecule has 0 fully saturated rings. The number of rotatable bonds is 5. The Hall–Kier alpha value is -1.10. The second-order valence-electron chi connectivity index (χ2n) is 2.15. The van der Waals surface area contributed by atoms with Gasteiger partial charge in [0.05, 0.1) is 12.5 Å². The number of carboxylic acid groups (broad SMARTS) is 2. The third-order valence-corrected chi connectivity index (χ3v) is 1.28. The first kappa shape index (κ1) is 9.90. The van der Waals surface area contributed by atoms with Gasteiger partial charge in [0, 0.05) is 6.42 Å². The number of aliphatic carboxylic acids is 2. The van der Waals surface area contributed by atoms with E-state index in [0.717, 1.165) is 0 Å². The number of hydrogen-bond donors (Lipinski definition) is 3. The summed E-state index contributed by atoms with van der Waals surface area (Å²) in [6.45, 7) is -0.511. The van der Waals surface area contributed by atoms with Gasteiger partial charge in [0.2, 0.25) is 0 Å². The van der Waals surface area contributed by atoms with Crippen molar-refractivity contribution in [2.24, 2.45) is 5.92 Å². The van der Waals surface area contributed by atoms with Gasteiger partial charge in [0.1, 0.15) is 0 Å². The summed E-state index contributed by atoms with van der Waals surface area (Å²) in [4.78, 5) is 20.2. The van der Waals surface area contributed by atoms with Gasteiger partial charge in [0.25, 0.3) is 0 Å². The first-order valence-corrected chi connectivity index (χ1v) is 3.13. The van der Waals surface area contributed by atoms with Gasteiger partial charge < -0.3 is 15.3 Å². The lowest BCUT2D eigenvalue weighted by atomic mass is 10.1. The maximum atomic E-state index is 10.2. The zero-order chi connectivity index (χ0) is 8.85. The lowest BCUT2D eigenvalue weighted by molar-refractivity contribution is -0.144. The van der Waals surface area contributed by atoms with Crippen LogP contribution in [0.3, 0.4) is 0 Å². The molecule has 64 valence electrons. The number of carbonyl (C=O) groups is 2. The molecule has 1 unspecified atom stereocenters. The van der Waals surface area contributed by atoms with Crippen molar-refractivity contribution >= 4 is 11.9 Å². The van der Waals surface area contributed by atoms with Crippen LogP contribution in [0.25, 0.3) is 0 Å². The Morgan fingerprint density at radius 1 is 1.27 bits per heavy atom. The van der Waals surface area contributed by atoms with Crippen LogP contribution in [0.4, 0.5) is 0 Å². The van der Waals surface area contributed by atoms with E-state index >= 15 is 0 Å². The molecule has 0 saturated carbocycles. The van der Waals surface area contributed by atoms with Crippen LogP contribution in [0.15, 0.2) is 0 Å². The zero-order valence-corrected chi connectivity index (χ0v) is 5.86. The first-order valence-electron chi connectivity index (χ1n) is 3.13. The minimum atomic E-state index is -1.16. The Morgan fingerprint density at radius 3 is 2.09 bits per heavy atom. The van der Waals surface area contributed by atoms with Crippen molar-refractivity contribution in [1.82, 2.24) is 0 Å². The highest BCUT2D eigenvalue weighted by Crippen LogP contribution is 2.05. The van der Waals surface area contributed by atoms with E-state index in [9.17, 15) is 9.59 Å². The lowest BCUT2D eigenvalue weighted by Crippen LogP contribution is -2.18. The minimum Gasteiger partial charge on any atom is -0.481 e. The van der Waals surface area contributed by atoms with Gasteiger partial charge in [-0.15, -0.1) is 0 Å². The molecule has 0 radical (unpaired) electrons. The fourth-order valence-electron chi connectivity index (χ4n) is 0.591. The SMILES string of the molecule is O=C(O)CCC(CO)C(=O)O. The highest BCUT2D eigenvalue weighted by molar-refractivity contribution is 5.72. The zero-order valence-electron chi connectivity index (χ0n) is 5.86. The minimum absolute atomic E-state index is 0.0266. The summed E-state index contributed by atoms with van der Waals surface area (Å²) < 4.78 is 0. The van der Waals surface area contributed by atoms with Crippen molar-refractivity contribution in [1.29, 1.82) is 0 Å². The molecule has 0 aromatic heterocycles. The van der Waals surface area contributed by atoms with Crippen molar-refractivity contribution in [3.8, 4) is 0 Å². The highest BCUT2D eigenvalue weighted by Gasteiger charge is 2.16. The smallest absolute Gasteiger partial charge is 0.308 e. The Kier molecular flexibility index (Phi) is 4.21. The molecule has 0 amide bonds. The molecular formula is C6H10O5. The van der Waals surface area contributed by atoms with Gasteiger partial charge in [-0.1, -0.05) is 0 Å². The highest BCUT2D eigenvalue weighted by atomic mass is 16.4. The van der Waals surface area contributed by atoms with Crippen LogP contribution in [0.1, 0.15) is 12.8 Å². The second-order valence-corrected chi connectivity index (χ2v) is 2.15. The summed E-state index contributed by atoms with van der Waals surface area (Å²) in [5, 5.41) is 24.9.